The smallest absolute Gasteiger partial charge is 0.404 e. The molecule has 0 spiro atoms. The van der Waals surface area contributed by atoms with Gasteiger partial charge in [-0.25, -0.2) is 15.1 Å². The largest absolute Gasteiger partial charge is 0.481 e. The minimum absolute atomic E-state index is 0.0320. The fourth-order valence-electron chi connectivity index (χ4n) is 7.28. The molecule has 5 fully saturated rings. The molecular weight excluding hydrogens is 545 g/mol. The van der Waals surface area contributed by atoms with Crippen molar-refractivity contribution in [1.82, 2.24) is 21.0 Å². The van der Waals surface area contributed by atoms with Crippen molar-refractivity contribution in [3.8, 4) is 0 Å². The third-order valence-electron chi connectivity index (χ3n) is 9.65. The van der Waals surface area contributed by atoms with Gasteiger partial charge in [-0.05, 0) is 68.6 Å². The van der Waals surface area contributed by atoms with Gasteiger partial charge in [0.1, 0.15) is 6.04 Å². The van der Waals surface area contributed by atoms with Crippen molar-refractivity contribution < 1.29 is 28.7 Å². The molecule has 6 atom stereocenters. The lowest BCUT2D eigenvalue weighted by atomic mass is 9.43. The summed E-state index contributed by atoms with van der Waals surface area (Å²) < 4.78 is 13.1. The number of guanidine groups is 1. The molecule has 3 amide bonds. The van der Waals surface area contributed by atoms with E-state index < -0.39 is 35.6 Å². The molecule has 0 radical (unpaired) electrons. The number of nitrogens with zero attached hydrogens (tertiary/aromatic N) is 3. The number of likely N-dealkylation sites (tertiary alicyclic amines) is 1. The van der Waals surface area contributed by atoms with Crippen molar-refractivity contribution in [2.24, 2.45) is 33.9 Å². The highest BCUT2D eigenvalue weighted by Crippen LogP contribution is 2.65. The molecule has 0 aromatic carbocycles. The topological polar surface area (TPSA) is 191 Å². The van der Waals surface area contributed by atoms with Crippen LogP contribution in [0.5, 0.6) is 0 Å². The van der Waals surface area contributed by atoms with Crippen LogP contribution in [0.1, 0.15) is 79.6 Å². The van der Waals surface area contributed by atoms with E-state index in [2.05, 4.69) is 50.2 Å². The zero-order valence-electron chi connectivity index (χ0n) is 25.4. The Labute approximate surface area is 247 Å². The second-order valence-corrected chi connectivity index (χ2v) is 13.4. The molecule has 234 valence electrons. The van der Waals surface area contributed by atoms with Crippen LogP contribution < -0.4 is 21.8 Å². The first-order valence-corrected chi connectivity index (χ1v) is 15.1. The molecule has 5 N–H and O–H groups in total. The molecule has 3 saturated carbocycles. The summed E-state index contributed by atoms with van der Waals surface area (Å²) in [4.78, 5) is 54.6. The molecule has 3 aliphatic carbocycles. The van der Waals surface area contributed by atoms with E-state index in [1.165, 1.54) is 4.90 Å². The second-order valence-electron chi connectivity index (χ2n) is 13.4. The van der Waals surface area contributed by atoms with Gasteiger partial charge in [-0.1, -0.05) is 33.1 Å². The number of nitro groups is 1. The van der Waals surface area contributed by atoms with Crippen molar-refractivity contribution in [2.45, 2.75) is 103 Å². The maximum absolute atomic E-state index is 13.7. The molecule has 2 aliphatic heterocycles. The second kappa shape index (κ2) is 12.7. The highest BCUT2D eigenvalue weighted by Gasteiger charge is 2.68. The standard InChI is InChI=1S/C27H46BN7O7/c1-16(2)12-21(28-41-20-14-17-13-19(26(17,3)4)27(20,5)42-28)32-24(38)18(8-6-10-30-25(29)33-35(39)40)31-22(36)15-34-11-7-9-23(34)37/h16-21H,6-15H2,1-5H3,(H,31,36)(H,32,38)(H3,29,30,33)/t17-,18-,19-,20+,21-,27-/m0/s1. The third kappa shape index (κ3) is 6.99. The van der Waals surface area contributed by atoms with Gasteiger partial charge in [0, 0.05) is 19.5 Å². The quantitative estimate of drug-likeness (QED) is 0.0598. The van der Waals surface area contributed by atoms with Crippen LogP contribution in [0.15, 0.2) is 4.99 Å². The third-order valence-corrected chi connectivity index (χ3v) is 9.65. The van der Waals surface area contributed by atoms with Gasteiger partial charge in [-0.2, -0.15) is 0 Å². The number of carbonyl (C=O) groups is 3. The van der Waals surface area contributed by atoms with Crippen molar-refractivity contribution in [1.29, 1.82) is 0 Å². The van der Waals surface area contributed by atoms with Crippen LogP contribution in [0, 0.1) is 33.3 Å². The zero-order chi connectivity index (χ0) is 30.8. The zero-order valence-corrected chi connectivity index (χ0v) is 25.4. The number of nitrogens with one attached hydrogen (secondary N) is 3. The van der Waals surface area contributed by atoms with Gasteiger partial charge >= 0.3 is 7.12 Å². The van der Waals surface area contributed by atoms with Gasteiger partial charge in [0.2, 0.25) is 17.7 Å². The average molecular weight is 592 g/mol. The van der Waals surface area contributed by atoms with Crippen LogP contribution in [0.25, 0.3) is 0 Å². The van der Waals surface area contributed by atoms with E-state index in [9.17, 15) is 24.5 Å². The lowest BCUT2D eigenvalue weighted by Crippen LogP contribution is -2.65. The lowest BCUT2D eigenvalue weighted by Gasteiger charge is -2.64. The molecule has 5 rings (SSSR count). The number of rotatable bonds is 13. The Morgan fingerprint density at radius 3 is 2.62 bits per heavy atom. The van der Waals surface area contributed by atoms with Crippen molar-refractivity contribution in [3.63, 3.8) is 0 Å². The van der Waals surface area contributed by atoms with Gasteiger partial charge in [0.25, 0.3) is 5.96 Å². The minimum atomic E-state index is -0.921. The molecule has 0 aromatic heterocycles. The molecule has 2 heterocycles. The predicted molar refractivity (Wildman–Crippen MR) is 155 cm³/mol. The van der Waals surface area contributed by atoms with Crippen LogP contribution in [0.4, 0.5) is 0 Å². The summed E-state index contributed by atoms with van der Waals surface area (Å²) in [5.74, 6) is -0.468. The SMILES string of the molecule is CC(C)C[C@H](NC(=O)[C@H](CCCN=C(N)N[N+](=O)[O-])NC(=O)CN1CCCC1=O)B1O[C@@H]2C[C@@H]3C[C@@H](C3(C)C)[C@]2(C)O1. The Kier molecular flexibility index (Phi) is 9.70. The van der Waals surface area contributed by atoms with Crippen LogP contribution in [0.2, 0.25) is 0 Å². The maximum Gasteiger partial charge on any atom is 0.481 e. The van der Waals surface area contributed by atoms with Crippen molar-refractivity contribution in [2.75, 3.05) is 19.6 Å². The Morgan fingerprint density at radius 1 is 1.26 bits per heavy atom. The molecule has 2 bridgehead atoms. The molecule has 0 unspecified atom stereocenters. The van der Waals surface area contributed by atoms with E-state index in [0.717, 1.165) is 12.8 Å². The van der Waals surface area contributed by atoms with Crippen LogP contribution in [-0.4, -0.2) is 84.1 Å². The van der Waals surface area contributed by atoms with Crippen LogP contribution in [0.3, 0.4) is 0 Å². The molecule has 2 saturated heterocycles. The van der Waals surface area contributed by atoms with Gasteiger partial charge in [-0.15, -0.1) is 0 Å². The number of nitrogens with two attached hydrogens (primary N) is 1. The van der Waals surface area contributed by atoms with Crippen LogP contribution in [-0.2, 0) is 23.7 Å². The van der Waals surface area contributed by atoms with E-state index in [-0.39, 0.29) is 54.7 Å². The first kappa shape index (κ1) is 32.0. The van der Waals surface area contributed by atoms with E-state index in [4.69, 9.17) is 15.0 Å². The van der Waals surface area contributed by atoms with Gasteiger partial charge < -0.3 is 30.6 Å². The molecular formula is C27H46BN7O7. The Bertz CT molecular complexity index is 1090. The Morgan fingerprint density at radius 2 is 2.00 bits per heavy atom. The number of hydrogen-bond acceptors (Lipinski definition) is 8. The Balaban J connectivity index is 1.43. The van der Waals surface area contributed by atoms with Gasteiger partial charge in [0.05, 0.1) is 24.2 Å². The maximum atomic E-state index is 13.7. The summed E-state index contributed by atoms with van der Waals surface area (Å²) in [6.45, 7) is 11.4. The van der Waals surface area contributed by atoms with Crippen molar-refractivity contribution >= 4 is 30.8 Å². The number of carbonyl (C=O) groups excluding carboxylic acids is 3. The van der Waals surface area contributed by atoms with Gasteiger partial charge in [0.15, 0.2) is 5.03 Å². The van der Waals surface area contributed by atoms with E-state index >= 15 is 0 Å². The first-order chi connectivity index (χ1) is 19.7. The summed E-state index contributed by atoms with van der Waals surface area (Å²) >= 11 is 0. The minimum Gasteiger partial charge on any atom is -0.404 e. The molecule has 14 nitrogen and oxygen atoms in total. The number of amides is 3. The number of hydrogen-bond donors (Lipinski definition) is 4. The lowest BCUT2D eigenvalue weighted by molar-refractivity contribution is -0.525. The molecule has 5 aliphatic rings. The normalized spacial score (nSPS) is 29.5. The Hall–Kier alpha value is -2.94. The summed E-state index contributed by atoms with van der Waals surface area (Å²) in [7, 11) is -0.613. The highest BCUT2D eigenvalue weighted by molar-refractivity contribution is 6.48. The number of aliphatic imine (C=N–C) groups is 1. The summed E-state index contributed by atoms with van der Waals surface area (Å²) in [5, 5.41) is 15.6. The first-order valence-electron chi connectivity index (χ1n) is 15.1. The van der Waals surface area contributed by atoms with Crippen molar-refractivity contribution in [3.05, 3.63) is 10.1 Å². The average Bonchev–Trinajstić information content (AvgIpc) is 3.46. The number of hydrazine groups is 1. The summed E-state index contributed by atoms with van der Waals surface area (Å²) in [6, 6.07) is -0.921. The van der Waals surface area contributed by atoms with Crippen LogP contribution >= 0.6 is 0 Å². The molecule has 15 heteroatoms. The summed E-state index contributed by atoms with van der Waals surface area (Å²) in [6.07, 6.45) is 4.28. The molecule has 0 aromatic rings. The highest BCUT2D eigenvalue weighted by atomic mass is 16.7. The summed E-state index contributed by atoms with van der Waals surface area (Å²) in [5.41, 5.74) is 7.03. The fourth-order valence-corrected chi connectivity index (χ4v) is 7.28. The van der Waals surface area contributed by atoms with E-state index in [1.54, 1.807) is 5.43 Å². The molecule has 42 heavy (non-hydrogen) atoms. The monoisotopic (exact) mass is 591 g/mol. The van der Waals surface area contributed by atoms with Gasteiger partial charge in [-0.3, -0.25) is 14.4 Å². The van der Waals surface area contributed by atoms with E-state index in [1.807, 2.05) is 0 Å². The fraction of sp³-hybridized carbons (Fsp3) is 0.852. The van der Waals surface area contributed by atoms with E-state index in [0.29, 0.717) is 44.1 Å². The predicted octanol–water partition coefficient (Wildman–Crippen LogP) is 0.768.